The van der Waals surface area contributed by atoms with Gasteiger partial charge in [-0.15, -0.1) is 0 Å². The standard InChI is InChI=1S/C15H24N4O3/c1-10-9-12(18(5)17-10)16-13(20)11-7-6-8-19(11)14(21)22-15(2,3)4/h9,11H,6-8H2,1-5H3,(H,16,20). The largest absolute Gasteiger partial charge is 0.444 e. The van der Waals surface area contributed by atoms with Crippen molar-refractivity contribution in [2.75, 3.05) is 11.9 Å². The SMILES string of the molecule is Cc1cc(NC(=O)C2CCCN2C(=O)OC(C)(C)C)n(C)n1. The van der Waals surface area contributed by atoms with Crippen molar-refractivity contribution in [1.82, 2.24) is 14.7 Å². The Hall–Kier alpha value is -2.05. The summed E-state index contributed by atoms with van der Waals surface area (Å²) in [5, 5.41) is 7.02. The number of hydrogen-bond donors (Lipinski definition) is 1. The zero-order valence-electron chi connectivity index (χ0n) is 13.8. The Kier molecular flexibility index (Phi) is 4.44. The topological polar surface area (TPSA) is 76.5 Å². The van der Waals surface area contributed by atoms with Crippen LogP contribution >= 0.6 is 0 Å². The molecular weight excluding hydrogens is 284 g/mol. The number of anilines is 1. The summed E-state index contributed by atoms with van der Waals surface area (Å²) in [6.07, 6.45) is 0.996. The summed E-state index contributed by atoms with van der Waals surface area (Å²) in [5.74, 6) is 0.421. The van der Waals surface area contributed by atoms with E-state index >= 15 is 0 Å². The minimum Gasteiger partial charge on any atom is -0.444 e. The number of carbonyl (C=O) groups excluding carboxylic acids is 2. The van der Waals surface area contributed by atoms with E-state index in [0.29, 0.717) is 18.8 Å². The molecule has 1 fully saturated rings. The molecule has 1 unspecified atom stereocenters. The van der Waals surface area contributed by atoms with Gasteiger partial charge >= 0.3 is 6.09 Å². The van der Waals surface area contributed by atoms with Crippen LogP contribution < -0.4 is 5.32 Å². The molecule has 2 rings (SSSR count). The van der Waals surface area contributed by atoms with Crippen LogP contribution in [0.5, 0.6) is 0 Å². The Morgan fingerprint density at radius 2 is 2.09 bits per heavy atom. The second-order valence-electron chi connectivity index (χ2n) is 6.62. The van der Waals surface area contributed by atoms with Gasteiger partial charge in [-0.05, 0) is 40.5 Å². The second-order valence-corrected chi connectivity index (χ2v) is 6.62. The number of nitrogens with one attached hydrogen (secondary N) is 1. The number of aryl methyl sites for hydroxylation is 2. The molecule has 1 aliphatic rings. The number of rotatable bonds is 2. The minimum absolute atomic E-state index is 0.202. The van der Waals surface area contributed by atoms with E-state index in [2.05, 4.69) is 10.4 Å². The fraction of sp³-hybridized carbons (Fsp3) is 0.667. The fourth-order valence-corrected chi connectivity index (χ4v) is 2.52. The molecule has 1 aromatic rings. The molecule has 2 amide bonds. The van der Waals surface area contributed by atoms with Gasteiger partial charge in [0.25, 0.3) is 0 Å². The zero-order valence-corrected chi connectivity index (χ0v) is 13.8. The van der Waals surface area contributed by atoms with Crippen molar-refractivity contribution in [2.24, 2.45) is 7.05 Å². The molecule has 0 radical (unpaired) electrons. The molecule has 1 aliphatic heterocycles. The van der Waals surface area contributed by atoms with Crippen molar-refractivity contribution in [3.63, 3.8) is 0 Å². The van der Waals surface area contributed by atoms with Gasteiger partial charge in [0.1, 0.15) is 17.5 Å². The summed E-state index contributed by atoms with van der Waals surface area (Å²) < 4.78 is 6.98. The van der Waals surface area contributed by atoms with E-state index in [4.69, 9.17) is 4.74 Å². The lowest BCUT2D eigenvalue weighted by atomic mass is 10.2. The van der Waals surface area contributed by atoms with Crippen molar-refractivity contribution in [1.29, 1.82) is 0 Å². The first-order valence-electron chi connectivity index (χ1n) is 7.48. The van der Waals surface area contributed by atoms with Gasteiger partial charge in [-0.25, -0.2) is 4.79 Å². The van der Waals surface area contributed by atoms with Gasteiger partial charge in [0.2, 0.25) is 5.91 Å². The van der Waals surface area contributed by atoms with Crippen LogP contribution in [0.4, 0.5) is 10.6 Å². The van der Waals surface area contributed by atoms with Crippen molar-refractivity contribution < 1.29 is 14.3 Å². The Labute approximate surface area is 130 Å². The lowest BCUT2D eigenvalue weighted by molar-refractivity contribution is -0.120. The first kappa shape index (κ1) is 16.3. The van der Waals surface area contributed by atoms with E-state index in [1.165, 1.54) is 4.90 Å². The highest BCUT2D eigenvalue weighted by atomic mass is 16.6. The van der Waals surface area contributed by atoms with Crippen LogP contribution in [-0.4, -0.2) is 44.9 Å². The summed E-state index contributed by atoms with van der Waals surface area (Å²) in [4.78, 5) is 26.2. The fourth-order valence-electron chi connectivity index (χ4n) is 2.52. The molecule has 0 bridgehead atoms. The van der Waals surface area contributed by atoms with Gasteiger partial charge in [-0.3, -0.25) is 14.4 Å². The third-order valence-electron chi connectivity index (χ3n) is 3.44. The summed E-state index contributed by atoms with van der Waals surface area (Å²) in [5.41, 5.74) is 0.257. The molecule has 0 aliphatic carbocycles. The van der Waals surface area contributed by atoms with Gasteiger partial charge in [0, 0.05) is 19.7 Å². The van der Waals surface area contributed by atoms with Gasteiger partial charge < -0.3 is 10.1 Å². The molecule has 1 atom stereocenters. The smallest absolute Gasteiger partial charge is 0.410 e. The van der Waals surface area contributed by atoms with Crippen LogP contribution in [0.25, 0.3) is 0 Å². The summed E-state index contributed by atoms with van der Waals surface area (Å²) in [7, 11) is 1.77. The summed E-state index contributed by atoms with van der Waals surface area (Å²) in [6, 6.07) is 1.30. The Morgan fingerprint density at radius 1 is 1.41 bits per heavy atom. The van der Waals surface area contributed by atoms with Crippen molar-refractivity contribution >= 4 is 17.8 Å². The molecule has 7 nitrogen and oxygen atoms in total. The highest BCUT2D eigenvalue weighted by Crippen LogP contribution is 2.22. The minimum atomic E-state index is -0.570. The van der Waals surface area contributed by atoms with Crippen LogP contribution in [0.2, 0.25) is 0 Å². The molecule has 122 valence electrons. The number of amides is 2. The highest BCUT2D eigenvalue weighted by molar-refractivity contribution is 5.96. The third kappa shape index (κ3) is 3.78. The molecule has 1 aromatic heterocycles. The lowest BCUT2D eigenvalue weighted by Crippen LogP contribution is -2.45. The average Bonchev–Trinajstić information content (AvgIpc) is 2.94. The summed E-state index contributed by atoms with van der Waals surface area (Å²) >= 11 is 0. The maximum Gasteiger partial charge on any atom is 0.410 e. The molecule has 22 heavy (non-hydrogen) atoms. The number of aromatic nitrogens is 2. The number of nitrogens with zero attached hydrogens (tertiary/aromatic N) is 3. The van der Waals surface area contributed by atoms with Crippen LogP contribution in [-0.2, 0) is 16.6 Å². The van der Waals surface area contributed by atoms with E-state index in [9.17, 15) is 9.59 Å². The number of likely N-dealkylation sites (tertiary alicyclic amines) is 1. The molecular formula is C15H24N4O3. The quantitative estimate of drug-likeness (QED) is 0.907. The number of ether oxygens (including phenoxy) is 1. The molecule has 0 aromatic carbocycles. The number of hydrogen-bond acceptors (Lipinski definition) is 4. The first-order chi connectivity index (χ1) is 10.2. The Balaban J connectivity index is 2.05. The maximum atomic E-state index is 12.5. The van der Waals surface area contributed by atoms with E-state index in [-0.39, 0.29) is 5.91 Å². The van der Waals surface area contributed by atoms with Gasteiger partial charge in [0.15, 0.2) is 0 Å². The van der Waals surface area contributed by atoms with Crippen LogP contribution in [0, 0.1) is 6.92 Å². The van der Waals surface area contributed by atoms with Gasteiger partial charge in [-0.2, -0.15) is 5.10 Å². The van der Waals surface area contributed by atoms with Crippen molar-refractivity contribution in [3.8, 4) is 0 Å². The highest BCUT2D eigenvalue weighted by Gasteiger charge is 2.36. The van der Waals surface area contributed by atoms with Gasteiger partial charge in [-0.1, -0.05) is 0 Å². The predicted molar refractivity (Wildman–Crippen MR) is 82.5 cm³/mol. The molecule has 0 saturated carbocycles. The van der Waals surface area contributed by atoms with E-state index in [1.807, 2.05) is 27.7 Å². The third-order valence-corrected chi connectivity index (χ3v) is 3.44. The average molecular weight is 308 g/mol. The first-order valence-corrected chi connectivity index (χ1v) is 7.48. The monoisotopic (exact) mass is 308 g/mol. The molecule has 0 spiro atoms. The predicted octanol–water partition coefficient (Wildman–Crippen LogP) is 2.07. The Morgan fingerprint density at radius 3 is 2.64 bits per heavy atom. The van der Waals surface area contributed by atoms with Crippen molar-refractivity contribution in [3.05, 3.63) is 11.8 Å². The molecule has 1 saturated heterocycles. The Bertz CT molecular complexity index is 574. The van der Waals surface area contributed by atoms with E-state index in [0.717, 1.165) is 12.1 Å². The molecule has 2 heterocycles. The summed E-state index contributed by atoms with van der Waals surface area (Å²) in [6.45, 7) is 7.84. The molecule has 7 heteroatoms. The normalized spacial score (nSPS) is 18.4. The number of carbonyl (C=O) groups is 2. The zero-order chi connectivity index (χ0) is 16.5. The molecule has 1 N–H and O–H groups in total. The van der Waals surface area contributed by atoms with Crippen LogP contribution in [0.15, 0.2) is 6.07 Å². The van der Waals surface area contributed by atoms with Crippen molar-refractivity contribution in [2.45, 2.75) is 52.2 Å². The van der Waals surface area contributed by atoms with Gasteiger partial charge in [0.05, 0.1) is 5.69 Å². The lowest BCUT2D eigenvalue weighted by Gasteiger charge is -2.28. The van der Waals surface area contributed by atoms with E-state index in [1.54, 1.807) is 17.8 Å². The maximum absolute atomic E-state index is 12.5. The second kappa shape index (κ2) is 5.98. The van der Waals surface area contributed by atoms with E-state index < -0.39 is 17.7 Å². The van der Waals surface area contributed by atoms with Crippen LogP contribution in [0.1, 0.15) is 39.3 Å². The van der Waals surface area contributed by atoms with Crippen LogP contribution in [0.3, 0.4) is 0 Å².